The highest BCUT2D eigenvalue weighted by Gasteiger charge is 2.62. The second kappa shape index (κ2) is 6.53. The maximum absolute atomic E-state index is 13.6. The van der Waals surface area contributed by atoms with Gasteiger partial charge in [0.05, 0.1) is 17.0 Å². The number of primary amides is 1. The molecule has 1 unspecified atom stereocenters. The van der Waals surface area contributed by atoms with Crippen LogP contribution in [0.3, 0.4) is 0 Å². The number of hydrogen-bond acceptors (Lipinski definition) is 8. The van der Waals surface area contributed by atoms with E-state index in [0.717, 1.165) is 0 Å². The Morgan fingerprint density at radius 3 is 2.42 bits per heavy atom. The second-order valence-electron chi connectivity index (χ2n) is 8.29. The lowest BCUT2D eigenvalue weighted by Gasteiger charge is -2.47. The Morgan fingerprint density at radius 1 is 1.19 bits per heavy atom. The van der Waals surface area contributed by atoms with E-state index in [1.807, 2.05) is 0 Å². The molecule has 0 radical (unpaired) electrons. The van der Waals surface area contributed by atoms with Gasteiger partial charge in [0.2, 0.25) is 5.78 Å². The smallest absolute Gasteiger partial charge is 0.255 e. The van der Waals surface area contributed by atoms with Gasteiger partial charge in [-0.1, -0.05) is 12.1 Å². The van der Waals surface area contributed by atoms with Crippen LogP contribution in [-0.2, 0) is 16.0 Å². The van der Waals surface area contributed by atoms with Gasteiger partial charge in [0.25, 0.3) is 5.91 Å². The SMILES string of the molecule is Cc1c2c(c(O)c3c(O)cccc13)C(=O)[C@]1(O)C(O)=C(C(N)=O)C(=O)[C@@H](N(C)C)C1C2. The molecule has 4 rings (SSSR count). The van der Waals surface area contributed by atoms with E-state index in [4.69, 9.17) is 5.73 Å². The average molecular weight is 426 g/mol. The van der Waals surface area contributed by atoms with Crippen molar-refractivity contribution in [1.29, 1.82) is 0 Å². The first-order valence-corrected chi connectivity index (χ1v) is 9.61. The minimum Gasteiger partial charge on any atom is -0.508 e. The number of aliphatic hydroxyl groups excluding tert-OH is 1. The molecule has 9 nitrogen and oxygen atoms in total. The fourth-order valence-corrected chi connectivity index (χ4v) is 5.04. The molecule has 9 heteroatoms. The molecule has 0 aliphatic heterocycles. The molecule has 0 aromatic heterocycles. The summed E-state index contributed by atoms with van der Waals surface area (Å²) < 4.78 is 0. The van der Waals surface area contributed by atoms with Crippen LogP contribution >= 0.6 is 0 Å². The molecule has 0 saturated carbocycles. The predicted molar refractivity (Wildman–Crippen MR) is 110 cm³/mol. The number of aryl methyl sites for hydroxylation is 1. The van der Waals surface area contributed by atoms with Crippen molar-refractivity contribution in [3.63, 3.8) is 0 Å². The second-order valence-corrected chi connectivity index (χ2v) is 8.29. The van der Waals surface area contributed by atoms with E-state index in [9.17, 15) is 34.8 Å². The fourth-order valence-electron chi connectivity index (χ4n) is 5.04. The lowest BCUT2D eigenvalue weighted by molar-refractivity contribution is -0.132. The van der Waals surface area contributed by atoms with Crippen molar-refractivity contribution >= 4 is 28.2 Å². The zero-order chi connectivity index (χ0) is 23.0. The summed E-state index contributed by atoms with van der Waals surface area (Å²) in [6, 6.07) is 3.50. The molecule has 0 spiro atoms. The van der Waals surface area contributed by atoms with Crippen molar-refractivity contribution in [2.75, 3.05) is 14.1 Å². The molecular formula is C22H22N2O7. The van der Waals surface area contributed by atoms with Gasteiger partial charge in [-0.05, 0) is 50.0 Å². The quantitative estimate of drug-likeness (QED) is 0.433. The number of carbonyl (C=O) groups excluding carboxylic acids is 3. The van der Waals surface area contributed by atoms with Gasteiger partial charge in [0.1, 0.15) is 22.8 Å². The first kappa shape index (κ1) is 20.8. The van der Waals surface area contributed by atoms with E-state index >= 15 is 0 Å². The summed E-state index contributed by atoms with van der Waals surface area (Å²) in [5, 5.41) is 43.9. The Morgan fingerprint density at radius 2 is 1.84 bits per heavy atom. The van der Waals surface area contributed by atoms with Gasteiger partial charge in [0, 0.05) is 5.92 Å². The molecule has 6 N–H and O–H groups in total. The van der Waals surface area contributed by atoms with Gasteiger partial charge < -0.3 is 26.2 Å². The summed E-state index contributed by atoms with van der Waals surface area (Å²) in [7, 11) is 3.10. The molecular weight excluding hydrogens is 404 g/mol. The van der Waals surface area contributed by atoms with Gasteiger partial charge in [-0.25, -0.2) is 0 Å². The number of fused-ring (bicyclic) bond motifs is 3. The third kappa shape index (κ3) is 2.47. The van der Waals surface area contributed by atoms with Crippen molar-refractivity contribution in [2.24, 2.45) is 11.7 Å². The third-order valence-electron chi connectivity index (χ3n) is 6.51. The summed E-state index contributed by atoms with van der Waals surface area (Å²) in [5.41, 5.74) is 2.50. The molecule has 0 bridgehead atoms. The number of ketones is 2. The Hall–Kier alpha value is -3.43. The number of phenols is 2. The topological polar surface area (TPSA) is 161 Å². The van der Waals surface area contributed by atoms with Gasteiger partial charge in [-0.2, -0.15) is 0 Å². The van der Waals surface area contributed by atoms with E-state index < -0.39 is 52.1 Å². The van der Waals surface area contributed by atoms with Gasteiger partial charge in [-0.3, -0.25) is 19.3 Å². The van der Waals surface area contributed by atoms with E-state index in [-0.39, 0.29) is 23.1 Å². The van der Waals surface area contributed by atoms with Crippen LogP contribution < -0.4 is 5.73 Å². The minimum atomic E-state index is -2.65. The summed E-state index contributed by atoms with van der Waals surface area (Å²) in [6.07, 6.45) is -0.0484. The number of carbonyl (C=O) groups is 3. The standard InChI is InChI=1S/C22H22N2O7/c1-8-9-5-4-6-12(25)13(9)17(26)14-10(8)7-11-16(24(2)3)18(27)15(21(23)30)20(29)22(11,31)19(14)28/h4-6,11,16,25-26,29,31H,7H2,1-3H3,(H2,23,30)/t11?,16-,22-/m0/s1. The highest BCUT2D eigenvalue weighted by atomic mass is 16.3. The van der Waals surface area contributed by atoms with Gasteiger partial charge in [-0.15, -0.1) is 0 Å². The number of hydrogen-bond donors (Lipinski definition) is 5. The van der Waals surface area contributed by atoms with Crippen LogP contribution in [-0.4, -0.2) is 68.5 Å². The lowest BCUT2D eigenvalue weighted by Crippen LogP contribution is -2.64. The number of rotatable bonds is 2. The molecule has 3 atom stereocenters. The van der Waals surface area contributed by atoms with Crippen LogP contribution in [0.2, 0.25) is 0 Å². The van der Waals surface area contributed by atoms with Crippen molar-refractivity contribution in [1.82, 2.24) is 4.90 Å². The van der Waals surface area contributed by atoms with Crippen LogP contribution in [0.25, 0.3) is 10.8 Å². The molecule has 162 valence electrons. The zero-order valence-corrected chi connectivity index (χ0v) is 17.1. The highest BCUT2D eigenvalue weighted by Crippen LogP contribution is 2.50. The third-order valence-corrected chi connectivity index (χ3v) is 6.51. The summed E-state index contributed by atoms with van der Waals surface area (Å²) in [4.78, 5) is 39.9. The van der Waals surface area contributed by atoms with Crippen molar-refractivity contribution < 1.29 is 34.8 Å². The minimum absolute atomic E-state index is 0.0313. The summed E-state index contributed by atoms with van der Waals surface area (Å²) in [5.74, 6) is -6.18. The molecule has 2 aromatic rings. The molecule has 2 aliphatic rings. The molecule has 2 aliphatic carbocycles. The van der Waals surface area contributed by atoms with Gasteiger partial charge in [0.15, 0.2) is 11.4 Å². The largest absolute Gasteiger partial charge is 0.508 e. The highest BCUT2D eigenvalue weighted by molar-refractivity contribution is 6.25. The van der Waals surface area contributed by atoms with Crippen LogP contribution in [0.4, 0.5) is 0 Å². The van der Waals surface area contributed by atoms with E-state index in [0.29, 0.717) is 16.5 Å². The molecule has 0 heterocycles. The molecule has 0 saturated heterocycles. The van der Waals surface area contributed by atoms with Crippen LogP contribution in [0, 0.1) is 12.8 Å². The van der Waals surface area contributed by atoms with Crippen molar-refractivity contribution in [3.8, 4) is 11.5 Å². The Balaban J connectivity index is 2.11. The number of likely N-dealkylation sites (N-methyl/N-ethyl adjacent to an activating group) is 1. The van der Waals surface area contributed by atoms with E-state index in [1.54, 1.807) is 33.2 Å². The van der Waals surface area contributed by atoms with Crippen molar-refractivity contribution in [3.05, 3.63) is 46.2 Å². The molecule has 31 heavy (non-hydrogen) atoms. The lowest BCUT2D eigenvalue weighted by atomic mass is 9.61. The number of aromatic hydroxyl groups is 2. The first-order chi connectivity index (χ1) is 14.4. The zero-order valence-electron chi connectivity index (χ0n) is 17.1. The molecule has 0 fully saturated rings. The number of phenolic OH excluding ortho intramolecular Hbond substituents is 2. The monoisotopic (exact) mass is 426 g/mol. The normalized spacial score (nSPS) is 25.7. The van der Waals surface area contributed by atoms with E-state index in [1.165, 1.54) is 11.0 Å². The molecule has 1 amide bonds. The number of Topliss-reactive ketones (excluding diaryl/α,β-unsaturated/α-hetero) is 2. The molecule has 2 aromatic carbocycles. The first-order valence-electron chi connectivity index (χ1n) is 9.61. The Kier molecular flexibility index (Phi) is 4.39. The van der Waals surface area contributed by atoms with Crippen LogP contribution in [0.5, 0.6) is 11.5 Å². The Labute approximate surface area is 177 Å². The van der Waals surface area contributed by atoms with E-state index in [2.05, 4.69) is 0 Å². The number of nitrogens with two attached hydrogens (primary N) is 1. The number of aliphatic hydroxyl groups is 2. The number of benzene rings is 2. The summed E-state index contributed by atoms with van der Waals surface area (Å²) in [6.45, 7) is 1.71. The van der Waals surface area contributed by atoms with Crippen LogP contribution in [0.1, 0.15) is 21.5 Å². The number of nitrogens with zero attached hydrogens (tertiary/aromatic N) is 1. The maximum atomic E-state index is 13.6. The maximum Gasteiger partial charge on any atom is 0.255 e. The predicted octanol–water partition coefficient (Wildman–Crippen LogP) is 0.456. The fraction of sp³-hybridized carbons (Fsp3) is 0.318. The van der Waals surface area contributed by atoms with Crippen molar-refractivity contribution in [2.45, 2.75) is 25.0 Å². The summed E-state index contributed by atoms with van der Waals surface area (Å²) >= 11 is 0. The van der Waals surface area contributed by atoms with Crippen LogP contribution in [0.15, 0.2) is 29.5 Å². The van der Waals surface area contributed by atoms with Gasteiger partial charge >= 0.3 is 0 Å². The average Bonchev–Trinajstić information content (AvgIpc) is 2.68. The number of amides is 1. The Bertz CT molecular complexity index is 1230.